The van der Waals surface area contributed by atoms with Crippen LogP contribution in [0.2, 0.25) is 0 Å². The van der Waals surface area contributed by atoms with Gasteiger partial charge in [-0.05, 0) is 20.8 Å². The quantitative estimate of drug-likeness (QED) is 0.172. The van der Waals surface area contributed by atoms with Crippen LogP contribution in [0.5, 0.6) is 0 Å². The highest BCUT2D eigenvalue weighted by Gasteiger charge is 2.24. The largest absolute Gasteiger partial charge is 0.466 e. The zero-order valence-corrected chi connectivity index (χ0v) is 19.3. The van der Waals surface area contributed by atoms with E-state index in [-0.39, 0.29) is 25.3 Å². The number of aliphatic hydroxyl groups excluding tert-OH is 1. The van der Waals surface area contributed by atoms with Gasteiger partial charge in [0.15, 0.2) is 0 Å². The summed E-state index contributed by atoms with van der Waals surface area (Å²) in [5.41, 5.74) is 5.91. The van der Waals surface area contributed by atoms with Gasteiger partial charge in [0, 0.05) is 35.8 Å². The van der Waals surface area contributed by atoms with Crippen LogP contribution in [0.4, 0.5) is 0 Å². The van der Waals surface area contributed by atoms with Crippen molar-refractivity contribution < 1.29 is 43.2 Å². The van der Waals surface area contributed by atoms with E-state index in [1.165, 1.54) is 7.11 Å². The minimum absolute atomic E-state index is 0.0451. The molecule has 0 aromatic rings. The minimum Gasteiger partial charge on any atom is -0.466 e. The molecule has 0 aromatic heterocycles. The van der Waals surface area contributed by atoms with Gasteiger partial charge < -0.3 is 29.8 Å². The normalized spacial score (nSPS) is 12.3. The highest BCUT2D eigenvalue weighted by atomic mass is 16.6. The second-order valence-corrected chi connectivity index (χ2v) is 6.20. The SMILES string of the molecule is C=C(C)C(=O)OCC1CO1.C=C(C)C(=O)OCCCO.C=C(C)C(N)=O.C=CC(=O)OC. The Balaban J connectivity index is -0.000000362. The summed E-state index contributed by atoms with van der Waals surface area (Å²) in [5.74, 6) is -1.56. The van der Waals surface area contributed by atoms with Crippen molar-refractivity contribution in [2.24, 2.45) is 5.73 Å². The Morgan fingerprint density at radius 2 is 1.47 bits per heavy atom. The van der Waals surface area contributed by atoms with Crippen LogP contribution in [0.3, 0.4) is 0 Å². The maximum Gasteiger partial charge on any atom is 0.333 e. The van der Waals surface area contributed by atoms with Crippen LogP contribution in [0.1, 0.15) is 27.2 Å². The Morgan fingerprint density at radius 1 is 1.03 bits per heavy atom. The van der Waals surface area contributed by atoms with E-state index in [0.717, 1.165) is 6.08 Å². The Morgan fingerprint density at radius 3 is 1.72 bits per heavy atom. The first-order valence-electron chi connectivity index (χ1n) is 9.37. The summed E-state index contributed by atoms with van der Waals surface area (Å²) in [6, 6.07) is 0. The van der Waals surface area contributed by atoms with Crippen LogP contribution in [-0.2, 0) is 38.1 Å². The molecule has 1 aliphatic heterocycles. The number of primary amides is 1. The van der Waals surface area contributed by atoms with Crippen molar-refractivity contribution in [1.29, 1.82) is 0 Å². The van der Waals surface area contributed by atoms with Gasteiger partial charge in [-0.3, -0.25) is 4.79 Å². The van der Waals surface area contributed by atoms with E-state index in [1.807, 2.05) is 0 Å². The van der Waals surface area contributed by atoms with Crippen molar-refractivity contribution in [3.05, 3.63) is 49.1 Å². The number of rotatable bonds is 9. The number of ether oxygens (including phenoxy) is 4. The lowest BCUT2D eigenvalue weighted by Gasteiger charge is -2.00. The van der Waals surface area contributed by atoms with Crippen molar-refractivity contribution in [2.75, 3.05) is 33.5 Å². The average molecular weight is 458 g/mol. The fraction of sp³-hybridized carbons (Fsp3) is 0.455. The van der Waals surface area contributed by atoms with Gasteiger partial charge in [0.2, 0.25) is 5.91 Å². The number of hydrogen-bond donors (Lipinski definition) is 2. The van der Waals surface area contributed by atoms with Gasteiger partial charge in [0.25, 0.3) is 0 Å². The Hall–Kier alpha value is -3.24. The molecule has 0 bridgehead atoms. The summed E-state index contributed by atoms with van der Waals surface area (Å²) >= 11 is 0. The number of hydrogen-bond acceptors (Lipinski definition) is 9. The molecule has 1 fully saturated rings. The van der Waals surface area contributed by atoms with Gasteiger partial charge in [0.05, 0.1) is 20.3 Å². The second-order valence-electron chi connectivity index (χ2n) is 6.20. The van der Waals surface area contributed by atoms with Gasteiger partial charge in [-0.25, -0.2) is 14.4 Å². The number of amides is 1. The molecule has 182 valence electrons. The van der Waals surface area contributed by atoms with E-state index in [1.54, 1.807) is 20.8 Å². The molecule has 0 radical (unpaired) electrons. The van der Waals surface area contributed by atoms with Gasteiger partial charge in [-0.2, -0.15) is 0 Å². The third-order valence-electron chi connectivity index (χ3n) is 2.82. The number of methoxy groups -OCH3 is 1. The number of nitrogens with two attached hydrogens (primary N) is 1. The number of epoxide rings is 1. The zero-order chi connectivity index (χ0) is 25.7. The molecule has 10 heteroatoms. The number of esters is 3. The predicted molar refractivity (Wildman–Crippen MR) is 119 cm³/mol. The highest BCUT2D eigenvalue weighted by Crippen LogP contribution is 2.09. The first-order valence-corrected chi connectivity index (χ1v) is 9.37. The molecule has 10 nitrogen and oxygen atoms in total. The highest BCUT2D eigenvalue weighted by molar-refractivity contribution is 5.90. The lowest BCUT2D eigenvalue weighted by molar-refractivity contribution is -0.140. The Labute approximate surface area is 189 Å². The summed E-state index contributed by atoms with van der Waals surface area (Å²) in [5, 5.41) is 8.30. The van der Waals surface area contributed by atoms with Gasteiger partial charge >= 0.3 is 17.9 Å². The molecular weight excluding hydrogens is 422 g/mol. The standard InChI is InChI=1S/C7H10O3.C7H12O3.C4H7NO.C4H6O2/c1-5(2)7(8)10-4-6-3-9-6;1-6(2)7(9)10-5-3-4-8;1-3(2)4(5)6;1-3-4(5)6-2/h6H,1,3-4H2,2H3;8H,1,3-5H2,2H3;1H2,2H3,(H2,5,6);3H,1H2,2H3. The summed E-state index contributed by atoms with van der Waals surface area (Å²) in [6.45, 7) is 19.4. The molecule has 0 spiro atoms. The van der Waals surface area contributed by atoms with E-state index in [9.17, 15) is 19.2 Å². The summed E-state index contributed by atoms with van der Waals surface area (Å²) < 4.78 is 18.4. The van der Waals surface area contributed by atoms with Crippen LogP contribution >= 0.6 is 0 Å². The minimum atomic E-state index is -0.435. The molecular formula is C22H35NO9. The van der Waals surface area contributed by atoms with Crippen LogP contribution in [0, 0.1) is 0 Å². The molecule has 0 aliphatic carbocycles. The smallest absolute Gasteiger partial charge is 0.333 e. The topological polar surface area (TPSA) is 155 Å². The Bertz CT molecular complexity index is 650. The summed E-state index contributed by atoms with van der Waals surface area (Å²) in [6.07, 6.45) is 1.74. The van der Waals surface area contributed by atoms with Crippen LogP contribution in [0.15, 0.2) is 49.1 Å². The summed E-state index contributed by atoms with van der Waals surface area (Å²) in [4.78, 5) is 41.0. The predicted octanol–water partition coefficient (Wildman–Crippen LogP) is 1.39. The maximum atomic E-state index is 10.7. The number of aliphatic hydroxyl groups is 1. The lowest BCUT2D eigenvalue weighted by atomic mass is 10.3. The fourth-order valence-corrected chi connectivity index (χ4v) is 0.892. The molecule has 1 aliphatic rings. The summed E-state index contributed by atoms with van der Waals surface area (Å²) in [7, 11) is 1.31. The fourth-order valence-electron chi connectivity index (χ4n) is 0.892. The molecule has 0 aromatic carbocycles. The molecule has 1 saturated heterocycles. The van der Waals surface area contributed by atoms with E-state index in [0.29, 0.717) is 36.4 Å². The van der Waals surface area contributed by atoms with Crippen LogP contribution in [-0.4, -0.2) is 68.6 Å². The third-order valence-corrected chi connectivity index (χ3v) is 2.82. The molecule has 1 rings (SSSR count). The van der Waals surface area contributed by atoms with Crippen LogP contribution < -0.4 is 5.73 Å². The average Bonchev–Trinajstić information content (AvgIpc) is 3.57. The van der Waals surface area contributed by atoms with E-state index < -0.39 is 17.8 Å². The van der Waals surface area contributed by atoms with Gasteiger partial charge in [-0.1, -0.05) is 26.3 Å². The first kappa shape index (κ1) is 33.4. The molecule has 3 N–H and O–H groups in total. The lowest BCUT2D eigenvalue weighted by Crippen LogP contribution is -2.10. The molecule has 32 heavy (non-hydrogen) atoms. The molecule has 1 heterocycles. The second kappa shape index (κ2) is 21.0. The molecule has 1 atom stereocenters. The number of carbonyl (C=O) groups is 4. The Kier molecular flexibility index (Phi) is 21.9. The van der Waals surface area contributed by atoms with Crippen molar-refractivity contribution in [1.82, 2.24) is 0 Å². The van der Waals surface area contributed by atoms with Crippen molar-refractivity contribution in [2.45, 2.75) is 33.3 Å². The van der Waals surface area contributed by atoms with Crippen molar-refractivity contribution in [3.63, 3.8) is 0 Å². The van der Waals surface area contributed by atoms with Crippen molar-refractivity contribution in [3.8, 4) is 0 Å². The van der Waals surface area contributed by atoms with Gasteiger partial charge in [-0.15, -0.1) is 0 Å². The van der Waals surface area contributed by atoms with Gasteiger partial charge in [0.1, 0.15) is 12.7 Å². The van der Waals surface area contributed by atoms with E-state index >= 15 is 0 Å². The van der Waals surface area contributed by atoms with Crippen molar-refractivity contribution >= 4 is 23.8 Å². The molecule has 1 amide bonds. The number of carbonyl (C=O) groups excluding carboxylic acids is 4. The third kappa shape index (κ3) is 26.8. The zero-order valence-electron chi connectivity index (χ0n) is 19.3. The van der Waals surface area contributed by atoms with Crippen LogP contribution in [0.25, 0.3) is 0 Å². The first-order chi connectivity index (χ1) is 14.8. The molecule has 0 saturated carbocycles. The van der Waals surface area contributed by atoms with E-state index in [4.69, 9.17) is 20.3 Å². The molecule has 1 unspecified atom stereocenters. The maximum absolute atomic E-state index is 10.7. The monoisotopic (exact) mass is 457 g/mol. The van der Waals surface area contributed by atoms with E-state index in [2.05, 4.69) is 35.8 Å².